The van der Waals surface area contributed by atoms with Crippen LogP contribution in [0.1, 0.15) is 0 Å². The summed E-state index contributed by atoms with van der Waals surface area (Å²) < 4.78 is 23.4. The first-order valence-corrected chi connectivity index (χ1v) is 7.37. The molecule has 0 radical (unpaired) electrons. The fourth-order valence-corrected chi connectivity index (χ4v) is 1.34. The number of nitrogens with zero attached hydrogens (tertiary/aromatic N) is 2. The smallest absolute Gasteiger partial charge is 0.250 e. The van der Waals surface area contributed by atoms with Gasteiger partial charge in [-0.2, -0.15) is 0 Å². The van der Waals surface area contributed by atoms with Crippen molar-refractivity contribution in [2.45, 2.75) is 0 Å². The summed E-state index contributed by atoms with van der Waals surface area (Å²) in [6, 6.07) is 0. The van der Waals surface area contributed by atoms with Gasteiger partial charge < -0.3 is 10.6 Å². The van der Waals surface area contributed by atoms with Crippen LogP contribution in [0.4, 0.5) is 0 Å². The van der Waals surface area contributed by atoms with Crippen molar-refractivity contribution in [1.82, 2.24) is 14.9 Å². The first-order chi connectivity index (χ1) is 8.79. The molecule has 0 aromatic heterocycles. The first kappa shape index (κ1) is 17.3. The minimum atomic E-state index is -3.15. The summed E-state index contributed by atoms with van der Waals surface area (Å²) in [5.74, 6) is -0.269. The number of aliphatic imine (C=N–C) groups is 1. The third-order valence-electron chi connectivity index (χ3n) is 2.18. The lowest BCUT2D eigenvalue weighted by Gasteiger charge is -2.12. The van der Waals surface area contributed by atoms with Gasteiger partial charge in [0.15, 0.2) is 0 Å². The summed E-state index contributed by atoms with van der Waals surface area (Å²) in [7, 11) is -0.125. The van der Waals surface area contributed by atoms with Crippen molar-refractivity contribution in [1.29, 1.82) is 0 Å². The van der Waals surface area contributed by atoms with E-state index in [4.69, 9.17) is 0 Å². The molecule has 0 aliphatic rings. The highest BCUT2D eigenvalue weighted by atomic mass is 32.2. The number of likely N-dealkylation sites (N-methyl/N-ethyl adjacent to an activating group) is 2. The van der Waals surface area contributed by atoms with Gasteiger partial charge in [-0.15, -0.1) is 0 Å². The second kappa shape index (κ2) is 8.44. The molecule has 2 N–H and O–H groups in total. The Morgan fingerprint density at radius 1 is 1.47 bits per heavy atom. The zero-order chi connectivity index (χ0) is 14.9. The summed E-state index contributed by atoms with van der Waals surface area (Å²) in [4.78, 5) is 14.9. The molecule has 0 heterocycles. The van der Waals surface area contributed by atoms with Crippen LogP contribution in [-0.2, 0) is 14.8 Å². The first-order valence-electron chi connectivity index (χ1n) is 5.53. The maximum atomic E-state index is 11.1. The third kappa shape index (κ3) is 8.11. The lowest BCUT2D eigenvalue weighted by atomic mass is 10.3. The molecule has 0 atom stereocenters. The van der Waals surface area contributed by atoms with Gasteiger partial charge in [0.1, 0.15) is 0 Å². The standard InChI is InChI=1S/C11H20N4O3S/c1-10(11(16)12-2)5-6-13-9-14-7-8-15(3)19(4,17)18/h5-6,9H,1,7-8H2,2-4H3,(H,12,16)(H,13,14)/b6-5-. The van der Waals surface area contributed by atoms with Crippen LogP contribution >= 0.6 is 0 Å². The molecule has 0 aliphatic heterocycles. The summed E-state index contributed by atoms with van der Waals surface area (Å²) in [6.07, 6.45) is 5.46. The van der Waals surface area contributed by atoms with Crippen LogP contribution in [0.3, 0.4) is 0 Å². The van der Waals surface area contributed by atoms with E-state index in [2.05, 4.69) is 22.2 Å². The molecule has 0 aromatic rings. The molecule has 19 heavy (non-hydrogen) atoms. The van der Waals surface area contributed by atoms with Crippen LogP contribution in [-0.4, -0.2) is 58.4 Å². The molecule has 0 unspecified atom stereocenters. The molecule has 0 rings (SSSR count). The SMILES string of the molecule is C=C(/C=C\N=C\NCCN(C)S(C)(=O)=O)C(=O)NC. The molecule has 0 saturated carbocycles. The normalized spacial score (nSPS) is 12.2. The molecule has 0 spiro atoms. The molecule has 0 aliphatic carbocycles. The molecule has 8 heteroatoms. The second-order valence-electron chi connectivity index (χ2n) is 3.74. The van der Waals surface area contributed by atoms with Crippen LogP contribution < -0.4 is 10.6 Å². The van der Waals surface area contributed by atoms with Gasteiger partial charge in [-0.1, -0.05) is 6.58 Å². The number of hydrogen-bond donors (Lipinski definition) is 2. The highest BCUT2D eigenvalue weighted by molar-refractivity contribution is 7.88. The number of nitrogens with one attached hydrogen (secondary N) is 2. The molecule has 0 fully saturated rings. The quantitative estimate of drug-likeness (QED) is 0.203. The predicted octanol–water partition coefficient (Wildman–Crippen LogP) is -0.688. The van der Waals surface area contributed by atoms with E-state index in [9.17, 15) is 13.2 Å². The summed E-state index contributed by atoms with van der Waals surface area (Å²) in [5.41, 5.74) is 0.302. The van der Waals surface area contributed by atoms with Crippen molar-refractivity contribution < 1.29 is 13.2 Å². The van der Waals surface area contributed by atoms with E-state index in [1.807, 2.05) is 0 Å². The molecule has 1 amide bonds. The number of rotatable bonds is 8. The molecule has 0 saturated heterocycles. The van der Waals surface area contributed by atoms with Gasteiger partial charge in [0.2, 0.25) is 15.9 Å². The zero-order valence-corrected chi connectivity index (χ0v) is 12.2. The minimum absolute atomic E-state index is 0.269. The van der Waals surface area contributed by atoms with Gasteiger partial charge >= 0.3 is 0 Å². The monoisotopic (exact) mass is 288 g/mol. The largest absolute Gasteiger partial charge is 0.375 e. The van der Waals surface area contributed by atoms with E-state index in [0.717, 1.165) is 6.26 Å². The molecule has 7 nitrogen and oxygen atoms in total. The lowest BCUT2D eigenvalue weighted by Crippen LogP contribution is -2.32. The van der Waals surface area contributed by atoms with Gasteiger partial charge in [0, 0.05) is 39.0 Å². The third-order valence-corrected chi connectivity index (χ3v) is 3.50. The Morgan fingerprint density at radius 3 is 2.63 bits per heavy atom. The predicted molar refractivity (Wildman–Crippen MR) is 76.3 cm³/mol. The van der Waals surface area contributed by atoms with Crippen LogP contribution in [0.15, 0.2) is 29.4 Å². The summed E-state index contributed by atoms with van der Waals surface area (Å²) in [5, 5.41) is 5.26. The second-order valence-corrected chi connectivity index (χ2v) is 5.83. The zero-order valence-electron chi connectivity index (χ0n) is 11.4. The Labute approximate surface area is 114 Å². The van der Waals surface area contributed by atoms with Gasteiger partial charge in [-0.3, -0.25) is 4.79 Å². The Balaban J connectivity index is 3.91. The van der Waals surface area contributed by atoms with E-state index < -0.39 is 10.0 Å². The Hall–Kier alpha value is -1.67. The highest BCUT2D eigenvalue weighted by Gasteiger charge is 2.08. The minimum Gasteiger partial charge on any atom is -0.375 e. The summed E-state index contributed by atoms with van der Waals surface area (Å²) >= 11 is 0. The highest BCUT2D eigenvalue weighted by Crippen LogP contribution is 1.92. The number of carbonyl (C=O) groups excluding carboxylic acids is 1. The van der Waals surface area contributed by atoms with E-state index in [0.29, 0.717) is 18.7 Å². The van der Waals surface area contributed by atoms with Crippen LogP contribution in [0.2, 0.25) is 0 Å². The van der Waals surface area contributed by atoms with Crippen molar-refractivity contribution in [2.75, 3.05) is 33.4 Å². The van der Waals surface area contributed by atoms with E-state index in [1.165, 1.54) is 37.0 Å². The Kier molecular flexibility index (Phi) is 7.69. The number of amides is 1. The van der Waals surface area contributed by atoms with Crippen molar-refractivity contribution in [3.05, 3.63) is 24.4 Å². The molecular weight excluding hydrogens is 268 g/mol. The average molecular weight is 288 g/mol. The number of hydrogen-bond acceptors (Lipinski definition) is 4. The molecular formula is C11H20N4O3S. The Bertz CT molecular complexity index is 468. The lowest BCUT2D eigenvalue weighted by molar-refractivity contribution is -0.116. The maximum Gasteiger partial charge on any atom is 0.250 e. The topological polar surface area (TPSA) is 90.9 Å². The number of carbonyl (C=O) groups is 1. The summed E-state index contributed by atoms with van der Waals surface area (Å²) in [6.45, 7) is 4.33. The van der Waals surface area contributed by atoms with E-state index >= 15 is 0 Å². The van der Waals surface area contributed by atoms with E-state index in [1.54, 1.807) is 0 Å². The fraction of sp³-hybridized carbons (Fsp3) is 0.455. The van der Waals surface area contributed by atoms with Crippen molar-refractivity contribution >= 4 is 22.3 Å². The molecule has 108 valence electrons. The van der Waals surface area contributed by atoms with Crippen molar-refractivity contribution in [3.63, 3.8) is 0 Å². The molecule has 0 aromatic carbocycles. The van der Waals surface area contributed by atoms with Crippen molar-refractivity contribution in [3.8, 4) is 0 Å². The van der Waals surface area contributed by atoms with E-state index in [-0.39, 0.29) is 5.91 Å². The van der Waals surface area contributed by atoms with Crippen LogP contribution in [0, 0.1) is 0 Å². The van der Waals surface area contributed by atoms with Gasteiger partial charge in [0.25, 0.3) is 0 Å². The van der Waals surface area contributed by atoms with Crippen LogP contribution in [0.5, 0.6) is 0 Å². The molecule has 0 bridgehead atoms. The Morgan fingerprint density at radius 2 is 2.11 bits per heavy atom. The fourth-order valence-electron chi connectivity index (χ4n) is 0.917. The van der Waals surface area contributed by atoms with Crippen LogP contribution in [0.25, 0.3) is 0 Å². The number of sulfonamides is 1. The van der Waals surface area contributed by atoms with Gasteiger partial charge in [-0.05, 0) is 6.08 Å². The van der Waals surface area contributed by atoms with Gasteiger partial charge in [0.05, 0.1) is 12.6 Å². The van der Waals surface area contributed by atoms with Crippen molar-refractivity contribution in [2.24, 2.45) is 4.99 Å². The van der Waals surface area contributed by atoms with Gasteiger partial charge in [-0.25, -0.2) is 17.7 Å². The maximum absolute atomic E-state index is 11.1. The average Bonchev–Trinajstić information content (AvgIpc) is 2.34.